The molecule has 1 heterocycles. The summed E-state index contributed by atoms with van der Waals surface area (Å²) in [7, 11) is -4.17. The lowest BCUT2D eigenvalue weighted by molar-refractivity contribution is -0.861. The van der Waals surface area contributed by atoms with Gasteiger partial charge in [0.05, 0.1) is 10.5 Å². The van der Waals surface area contributed by atoms with Gasteiger partial charge in [0, 0.05) is 0 Å². The van der Waals surface area contributed by atoms with E-state index in [0.717, 1.165) is 5.56 Å². The van der Waals surface area contributed by atoms with Gasteiger partial charge in [-0.25, -0.2) is 4.52 Å². The van der Waals surface area contributed by atoms with Gasteiger partial charge in [-0.15, -0.1) is 0 Å². The van der Waals surface area contributed by atoms with Gasteiger partial charge in [0.1, 0.15) is 0 Å². The lowest BCUT2D eigenvalue weighted by Crippen LogP contribution is -2.27. The van der Waals surface area contributed by atoms with Gasteiger partial charge in [-0.2, -0.15) is 8.42 Å². The predicted molar refractivity (Wildman–Crippen MR) is 59.8 cm³/mol. The van der Waals surface area contributed by atoms with Crippen LogP contribution in [0.25, 0.3) is 11.1 Å². The highest BCUT2D eigenvalue weighted by molar-refractivity contribution is 7.85. The normalized spacial score (nSPS) is 11.6. The Balaban J connectivity index is 2.46. The lowest BCUT2D eigenvalue weighted by atomic mass is 10.1. The molecular formula is C11H12NO4S+. The van der Waals surface area contributed by atoms with E-state index in [1.807, 2.05) is 6.92 Å². The molecule has 1 N–H and O–H groups in total. The average Bonchev–Trinajstić information content (AvgIpc) is 2.76. The Hall–Kier alpha value is -1.66. The fourth-order valence-electron chi connectivity index (χ4n) is 1.48. The van der Waals surface area contributed by atoms with Crippen LogP contribution in [0.3, 0.4) is 0 Å². The average molecular weight is 254 g/mol. The molecule has 6 heteroatoms. The molecule has 0 amide bonds. The summed E-state index contributed by atoms with van der Waals surface area (Å²) in [6, 6.07) is 6.06. The topological polar surface area (TPSA) is 71.4 Å². The van der Waals surface area contributed by atoms with Gasteiger partial charge in [-0.05, 0) is 29.4 Å². The van der Waals surface area contributed by atoms with Crippen molar-refractivity contribution in [2.24, 2.45) is 0 Å². The predicted octanol–water partition coefficient (Wildman–Crippen LogP) is 1.50. The number of hydrogen-bond donors (Lipinski definition) is 1. The van der Waals surface area contributed by atoms with Crippen molar-refractivity contribution in [1.82, 2.24) is 0 Å². The Morgan fingerprint density at radius 2 is 2.12 bits per heavy atom. The molecule has 17 heavy (non-hydrogen) atoms. The summed E-state index contributed by atoms with van der Waals surface area (Å²) in [5.41, 5.74) is 1.44. The second kappa shape index (κ2) is 4.31. The maximum atomic E-state index is 11.0. The molecule has 0 aliphatic heterocycles. The zero-order valence-corrected chi connectivity index (χ0v) is 10.0. The van der Waals surface area contributed by atoms with Crippen molar-refractivity contribution >= 4 is 10.1 Å². The number of aromatic nitrogens is 1. The van der Waals surface area contributed by atoms with Gasteiger partial charge >= 0.3 is 0 Å². The van der Waals surface area contributed by atoms with Gasteiger partial charge in [0.25, 0.3) is 10.1 Å². The van der Waals surface area contributed by atoms with Crippen molar-refractivity contribution in [3.8, 4) is 11.1 Å². The Morgan fingerprint density at radius 3 is 2.71 bits per heavy atom. The van der Waals surface area contributed by atoms with E-state index >= 15 is 0 Å². The SMILES string of the molecule is CC[n+]1cc(-c2cccc(S(=O)(=O)O)c2)co1. The Bertz CT molecular complexity index is 630. The Kier molecular flexibility index (Phi) is 2.99. The third-order valence-electron chi connectivity index (χ3n) is 2.38. The minimum Gasteiger partial charge on any atom is -0.282 e. The molecule has 1 aromatic heterocycles. The summed E-state index contributed by atoms with van der Waals surface area (Å²) in [4.78, 5) is -0.126. The summed E-state index contributed by atoms with van der Waals surface area (Å²) < 4.78 is 37.8. The van der Waals surface area contributed by atoms with Crippen LogP contribution in [0.5, 0.6) is 0 Å². The first-order valence-corrected chi connectivity index (χ1v) is 6.51. The van der Waals surface area contributed by atoms with Crippen LogP contribution in [0.15, 0.2) is 46.1 Å². The molecule has 2 rings (SSSR count). The first kappa shape index (κ1) is 11.8. The van der Waals surface area contributed by atoms with Gasteiger partial charge in [-0.1, -0.05) is 12.1 Å². The molecule has 0 aliphatic rings. The van der Waals surface area contributed by atoms with E-state index in [1.54, 1.807) is 23.1 Å². The molecule has 0 aliphatic carbocycles. The van der Waals surface area contributed by atoms with Crippen molar-refractivity contribution in [2.45, 2.75) is 18.4 Å². The van der Waals surface area contributed by atoms with Gasteiger partial charge in [-0.3, -0.25) is 4.55 Å². The molecular weight excluding hydrogens is 242 g/mol. The van der Waals surface area contributed by atoms with Crippen molar-refractivity contribution in [2.75, 3.05) is 0 Å². The molecule has 5 nitrogen and oxygen atoms in total. The second-order valence-corrected chi connectivity index (χ2v) is 4.97. The maximum Gasteiger partial charge on any atom is 0.294 e. The number of nitrogens with zero attached hydrogens (tertiary/aromatic N) is 1. The van der Waals surface area contributed by atoms with Crippen LogP contribution < -0.4 is 4.74 Å². The monoisotopic (exact) mass is 254 g/mol. The minimum absolute atomic E-state index is 0.126. The maximum absolute atomic E-state index is 11.0. The van der Waals surface area contributed by atoms with Crippen LogP contribution in [0.4, 0.5) is 0 Å². The fourth-order valence-corrected chi connectivity index (χ4v) is 2.01. The molecule has 0 spiro atoms. The summed E-state index contributed by atoms with van der Waals surface area (Å²) in [6.45, 7) is 2.62. The van der Waals surface area contributed by atoms with E-state index < -0.39 is 10.1 Å². The van der Waals surface area contributed by atoms with Crippen LogP contribution in [0, 0.1) is 0 Å². The van der Waals surface area contributed by atoms with Crippen LogP contribution in [-0.4, -0.2) is 13.0 Å². The molecule has 0 fully saturated rings. The lowest BCUT2D eigenvalue weighted by Gasteiger charge is -1.98. The molecule has 90 valence electrons. The molecule has 0 atom stereocenters. The molecule has 0 saturated carbocycles. The number of benzene rings is 1. The van der Waals surface area contributed by atoms with E-state index in [9.17, 15) is 8.42 Å². The first-order valence-electron chi connectivity index (χ1n) is 5.07. The molecule has 2 aromatic rings. The standard InChI is InChI=1S/C11H11NO4S/c1-2-12-7-10(8-16-12)9-4-3-5-11(6-9)17(13,14)15/h3-8H,2H2,1H3/p+1. The smallest absolute Gasteiger partial charge is 0.282 e. The van der Waals surface area contributed by atoms with E-state index in [-0.39, 0.29) is 4.90 Å². The number of aryl methyl sites for hydroxylation is 1. The zero-order chi connectivity index (χ0) is 12.5. The Morgan fingerprint density at radius 1 is 1.35 bits per heavy atom. The quantitative estimate of drug-likeness (QED) is 0.665. The molecule has 0 saturated heterocycles. The fraction of sp³-hybridized carbons (Fsp3) is 0.182. The Labute approximate surface area is 99.0 Å². The number of rotatable bonds is 3. The van der Waals surface area contributed by atoms with Crippen LogP contribution in [0.1, 0.15) is 6.92 Å². The highest BCUT2D eigenvalue weighted by atomic mass is 32.2. The first-order chi connectivity index (χ1) is 8.00. The van der Waals surface area contributed by atoms with Crippen molar-refractivity contribution < 1.29 is 22.2 Å². The van der Waals surface area contributed by atoms with Crippen LogP contribution in [0.2, 0.25) is 0 Å². The van der Waals surface area contributed by atoms with Crippen LogP contribution >= 0.6 is 0 Å². The zero-order valence-electron chi connectivity index (χ0n) is 9.20. The summed E-state index contributed by atoms with van der Waals surface area (Å²) in [5, 5.41) is 0. The van der Waals surface area contributed by atoms with Gasteiger partial charge in [0.2, 0.25) is 6.20 Å². The molecule has 1 aromatic carbocycles. The van der Waals surface area contributed by atoms with Gasteiger partial charge < -0.3 is 0 Å². The molecule has 0 bridgehead atoms. The summed E-state index contributed by atoms with van der Waals surface area (Å²) >= 11 is 0. The summed E-state index contributed by atoms with van der Waals surface area (Å²) in [6.07, 6.45) is 3.30. The van der Waals surface area contributed by atoms with Crippen molar-refractivity contribution in [3.05, 3.63) is 36.7 Å². The largest absolute Gasteiger partial charge is 0.294 e. The van der Waals surface area contributed by atoms with Gasteiger partial charge in [0.15, 0.2) is 12.8 Å². The van der Waals surface area contributed by atoms with E-state index in [1.165, 1.54) is 18.4 Å². The van der Waals surface area contributed by atoms with Crippen molar-refractivity contribution in [3.63, 3.8) is 0 Å². The molecule has 0 radical (unpaired) electrons. The van der Waals surface area contributed by atoms with E-state index in [0.29, 0.717) is 12.1 Å². The third kappa shape index (κ3) is 2.54. The summed E-state index contributed by atoms with van der Waals surface area (Å²) in [5.74, 6) is 0. The van der Waals surface area contributed by atoms with Crippen molar-refractivity contribution in [1.29, 1.82) is 0 Å². The number of hydrogen-bond acceptors (Lipinski definition) is 3. The van der Waals surface area contributed by atoms with Crippen LogP contribution in [-0.2, 0) is 16.7 Å². The minimum atomic E-state index is -4.17. The highest BCUT2D eigenvalue weighted by Crippen LogP contribution is 2.21. The third-order valence-corrected chi connectivity index (χ3v) is 3.22. The molecule has 0 unspecified atom stereocenters. The van der Waals surface area contributed by atoms with E-state index in [2.05, 4.69) is 0 Å². The highest BCUT2D eigenvalue weighted by Gasteiger charge is 2.13. The second-order valence-electron chi connectivity index (χ2n) is 3.54. The van der Waals surface area contributed by atoms with E-state index in [4.69, 9.17) is 9.08 Å².